The molecule has 0 aromatic rings. The van der Waals surface area contributed by atoms with Gasteiger partial charge in [0.2, 0.25) is 0 Å². The van der Waals surface area contributed by atoms with Gasteiger partial charge < -0.3 is 27.9 Å². The Morgan fingerprint density at radius 3 is 0.867 bits per heavy atom. The lowest BCUT2D eigenvalue weighted by Gasteiger charge is -2.28. The maximum Gasteiger partial charge on any atom is 0.306 e. The largest absolute Gasteiger partial charge is 0.756 e. The highest BCUT2D eigenvalue weighted by Crippen LogP contribution is 2.38. The van der Waals surface area contributed by atoms with Crippen LogP contribution in [0.5, 0.6) is 0 Å². The van der Waals surface area contributed by atoms with Crippen molar-refractivity contribution in [3.63, 3.8) is 0 Å². The lowest BCUT2D eigenvalue weighted by atomic mass is 10.0. The summed E-state index contributed by atoms with van der Waals surface area (Å²) in [6, 6.07) is 0. The quantitative estimate of drug-likeness (QED) is 0.0195. The fourth-order valence-electron chi connectivity index (χ4n) is 11.4. The van der Waals surface area contributed by atoms with Crippen molar-refractivity contribution in [1.82, 2.24) is 0 Å². The molecule has 0 fully saturated rings. The molecule has 0 aromatic heterocycles. The molecule has 0 saturated carbocycles. The maximum absolute atomic E-state index is 12.9. The minimum absolute atomic E-state index is 0.0361. The molecule has 2 unspecified atom stereocenters. The number of nitrogens with zero attached hydrogens (tertiary/aromatic N) is 1. The fourth-order valence-corrected chi connectivity index (χ4v) is 12.2. The number of unbranched alkanes of at least 4 members (excludes halogenated alkanes) is 39. The molecule has 0 heterocycles. The van der Waals surface area contributed by atoms with Gasteiger partial charge in [0.1, 0.15) is 19.8 Å². The SMILES string of the molecule is CC/C=C\C/C=C\C/C=C\C/C=C\C/C=C\C/C=C\C/C=C\C/C=C\C/C=C\CCCCCCCCCCCC(=O)OC(COC(=O)CCCCCCCCCCCCCCCCCCCCCCCCCCC/C=C\C/C=C\CCCCCCC)COP(=O)([O-])OCC[N+](C)(C)C. The molecular weight excluding hydrogens is 1230 g/mol. The Hall–Kier alpha value is -3.85. The van der Waals surface area contributed by atoms with E-state index in [1.54, 1.807) is 0 Å². The van der Waals surface area contributed by atoms with Crippen LogP contribution in [0.3, 0.4) is 0 Å². The number of carbonyl (C=O) groups is 2. The highest BCUT2D eigenvalue weighted by atomic mass is 31.2. The Morgan fingerprint density at radius 1 is 0.327 bits per heavy atom. The number of quaternary nitrogens is 1. The van der Waals surface area contributed by atoms with Crippen LogP contribution in [-0.4, -0.2) is 70.0 Å². The first-order valence-electron chi connectivity index (χ1n) is 40.9. The van der Waals surface area contributed by atoms with Gasteiger partial charge in [-0.25, -0.2) is 0 Å². The molecule has 10 heteroatoms. The number of likely N-dealkylation sites (N-methyl/N-ethyl adjacent to an activating group) is 1. The van der Waals surface area contributed by atoms with Gasteiger partial charge in [-0.3, -0.25) is 14.2 Å². The van der Waals surface area contributed by atoms with Crippen molar-refractivity contribution in [2.75, 3.05) is 47.5 Å². The Bertz CT molecular complexity index is 2120. The van der Waals surface area contributed by atoms with Crippen molar-refractivity contribution in [3.05, 3.63) is 134 Å². The summed E-state index contributed by atoms with van der Waals surface area (Å²) in [5.41, 5.74) is 0. The van der Waals surface area contributed by atoms with Crippen LogP contribution in [0.1, 0.15) is 361 Å². The van der Waals surface area contributed by atoms with E-state index in [2.05, 4.69) is 148 Å². The van der Waals surface area contributed by atoms with E-state index < -0.39 is 26.5 Å². The number of rotatable bonds is 75. The molecule has 0 rings (SSSR count). The van der Waals surface area contributed by atoms with Crippen molar-refractivity contribution in [2.24, 2.45) is 0 Å². The summed E-state index contributed by atoms with van der Waals surface area (Å²) in [4.78, 5) is 38.2. The molecule has 98 heavy (non-hydrogen) atoms. The van der Waals surface area contributed by atoms with Crippen molar-refractivity contribution >= 4 is 19.8 Å². The lowest BCUT2D eigenvalue weighted by molar-refractivity contribution is -0.870. The van der Waals surface area contributed by atoms with Crippen LogP contribution in [-0.2, 0) is 32.7 Å². The molecule has 2 atom stereocenters. The molecule has 0 spiro atoms. The average molecular weight is 1390 g/mol. The summed E-state index contributed by atoms with van der Waals surface area (Å²) in [7, 11) is 1.16. The topological polar surface area (TPSA) is 111 Å². The Labute approximate surface area is 606 Å². The number of hydrogen-bond acceptors (Lipinski definition) is 8. The molecule has 0 bridgehead atoms. The zero-order valence-electron chi connectivity index (χ0n) is 64.5. The molecule has 0 saturated heterocycles. The van der Waals surface area contributed by atoms with Crippen molar-refractivity contribution in [2.45, 2.75) is 367 Å². The van der Waals surface area contributed by atoms with Crippen LogP contribution in [0.4, 0.5) is 0 Å². The normalized spacial score (nSPS) is 13.7. The molecule has 9 nitrogen and oxygen atoms in total. The van der Waals surface area contributed by atoms with E-state index in [0.29, 0.717) is 17.4 Å². The number of hydrogen-bond donors (Lipinski definition) is 0. The number of allylic oxidation sites excluding steroid dienone is 22. The van der Waals surface area contributed by atoms with Crippen LogP contribution >= 0.6 is 7.82 Å². The third kappa shape index (κ3) is 81.1. The number of phosphoric ester groups is 1. The maximum atomic E-state index is 12.9. The molecule has 0 aliphatic rings. The molecule has 0 N–H and O–H groups in total. The minimum Gasteiger partial charge on any atom is -0.756 e. The molecule has 0 radical (unpaired) electrons. The van der Waals surface area contributed by atoms with Crippen LogP contribution in [0.25, 0.3) is 0 Å². The van der Waals surface area contributed by atoms with Gasteiger partial charge >= 0.3 is 11.9 Å². The van der Waals surface area contributed by atoms with Crippen LogP contribution in [0.15, 0.2) is 134 Å². The van der Waals surface area contributed by atoms with Crippen LogP contribution in [0.2, 0.25) is 0 Å². The van der Waals surface area contributed by atoms with Gasteiger partial charge in [-0.1, -0.05) is 366 Å². The van der Waals surface area contributed by atoms with Gasteiger partial charge in [-0.2, -0.15) is 0 Å². The van der Waals surface area contributed by atoms with E-state index >= 15 is 0 Å². The zero-order chi connectivity index (χ0) is 71.1. The second-order valence-corrected chi connectivity index (χ2v) is 29.8. The predicted octanol–water partition coefficient (Wildman–Crippen LogP) is 26.9. The number of ether oxygens (including phenoxy) is 2. The van der Waals surface area contributed by atoms with Gasteiger partial charge in [-0.15, -0.1) is 0 Å². The summed E-state index contributed by atoms with van der Waals surface area (Å²) in [6.07, 6.45) is 113. The highest BCUT2D eigenvalue weighted by Gasteiger charge is 2.22. The van der Waals surface area contributed by atoms with Crippen molar-refractivity contribution in [1.29, 1.82) is 0 Å². The lowest BCUT2D eigenvalue weighted by Crippen LogP contribution is -2.37. The van der Waals surface area contributed by atoms with E-state index in [1.807, 2.05) is 21.1 Å². The van der Waals surface area contributed by atoms with Gasteiger partial charge in [0.15, 0.2) is 6.10 Å². The van der Waals surface area contributed by atoms with Gasteiger partial charge in [0.05, 0.1) is 27.7 Å². The number of esters is 2. The first-order chi connectivity index (χ1) is 48.0. The van der Waals surface area contributed by atoms with E-state index in [4.69, 9.17) is 18.5 Å². The third-order valence-corrected chi connectivity index (χ3v) is 18.6. The first-order valence-corrected chi connectivity index (χ1v) is 42.4. The summed E-state index contributed by atoms with van der Waals surface area (Å²) < 4.78 is 34.4. The molecule has 0 aromatic carbocycles. The molecule has 0 aliphatic heterocycles. The number of phosphoric acid groups is 1. The van der Waals surface area contributed by atoms with E-state index in [-0.39, 0.29) is 32.0 Å². The summed E-state index contributed by atoms with van der Waals surface area (Å²) in [6.45, 7) is 4.14. The first kappa shape index (κ1) is 94.2. The number of carbonyl (C=O) groups excluding carboxylic acids is 2. The van der Waals surface area contributed by atoms with Gasteiger partial charge in [0.25, 0.3) is 7.82 Å². The minimum atomic E-state index is -4.65. The Morgan fingerprint density at radius 2 is 0.582 bits per heavy atom. The summed E-state index contributed by atoms with van der Waals surface area (Å²) in [5.74, 6) is -0.833. The second kappa shape index (κ2) is 77.3. The van der Waals surface area contributed by atoms with Crippen LogP contribution in [0, 0.1) is 0 Å². The Balaban J connectivity index is 3.99. The second-order valence-electron chi connectivity index (χ2n) is 28.4. The summed E-state index contributed by atoms with van der Waals surface area (Å²) in [5, 5.41) is 0. The molecule has 0 amide bonds. The zero-order valence-corrected chi connectivity index (χ0v) is 65.3. The van der Waals surface area contributed by atoms with E-state index in [1.165, 1.54) is 218 Å². The monoisotopic (exact) mass is 1380 g/mol. The molecular formula is C88H154NO8P. The Kier molecular flexibility index (Phi) is 74.3. The highest BCUT2D eigenvalue weighted by molar-refractivity contribution is 7.45. The van der Waals surface area contributed by atoms with Crippen LogP contribution < -0.4 is 4.89 Å². The predicted molar refractivity (Wildman–Crippen MR) is 424 cm³/mol. The molecule has 564 valence electrons. The third-order valence-electron chi connectivity index (χ3n) is 17.7. The van der Waals surface area contributed by atoms with Gasteiger partial charge in [-0.05, 0) is 116 Å². The van der Waals surface area contributed by atoms with E-state index in [0.717, 1.165) is 109 Å². The van der Waals surface area contributed by atoms with Crippen molar-refractivity contribution < 1.29 is 42.1 Å². The standard InChI is InChI=1S/C88H154NO8P/c1-6-8-10-12-14-16-18-20-22-24-26-28-30-32-34-36-38-40-42-44-46-48-50-52-54-56-58-60-62-64-66-68-70-72-74-76-78-80-87(90)94-84-86(85-96-98(92,93)95-83-82-89(3,4)5)97-88(91)81-79-77-75-73-71-69-67-65-63-61-59-57-55-53-51-49-47-45-43-41-39-37-35-33-31-29-27-25-23-21-19-17-15-13-11-9-7-2/h9,11,15,17-18,20-21,23-24,26-27,29,33,35,39,41,45,47,51,53,57,59,86H,6-8,10,12-14,16,19,22,25,28,30-32,34,36-38,40,42-44,46,48-50,52,54-56,58,60-85H2,1-5H3/b11-9-,17-15-,20-18-,23-21-,26-24-,29-27-,35-33-,41-39-,47-45-,53-51-,59-57-. The smallest absolute Gasteiger partial charge is 0.306 e. The summed E-state index contributed by atoms with van der Waals surface area (Å²) >= 11 is 0. The molecule has 0 aliphatic carbocycles. The average Bonchev–Trinajstić information content (AvgIpc) is 1.08. The van der Waals surface area contributed by atoms with Gasteiger partial charge in [0, 0.05) is 12.8 Å². The van der Waals surface area contributed by atoms with E-state index in [9.17, 15) is 19.0 Å². The van der Waals surface area contributed by atoms with Crippen molar-refractivity contribution in [3.8, 4) is 0 Å². The fraction of sp³-hybridized carbons (Fsp3) is 0.727.